The van der Waals surface area contributed by atoms with Gasteiger partial charge in [0.2, 0.25) is 0 Å². The molecule has 1 aliphatic rings. The highest BCUT2D eigenvalue weighted by Crippen LogP contribution is 2.24. The highest BCUT2D eigenvalue weighted by molar-refractivity contribution is 7.92. The zero-order valence-corrected chi connectivity index (χ0v) is 14.6. The van der Waals surface area contributed by atoms with Gasteiger partial charge in [-0.3, -0.25) is 4.72 Å². The zero-order valence-electron chi connectivity index (χ0n) is 13.8. The Balaban J connectivity index is 1.77. The van der Waals surface area contributed by atoms with E-state index in [0.717, 1.165) is 24.3 Å². The molecule has 0 saturated carbocycles. The van der Waals surface area contributed by atoms with Gasteiger partial charge in [0.25, 0.3) is 10.0 Å². The number of ether oxygens (including phenoxy) is 1. The van der Waals surface area contributed by atoms with Crippen LogP contribution in [0.5, 0.6) is 5.75 Å². The first kappa shape index (κ1) is 16.6. The van der Waals surface area contributed by atoms with Gasteiger partial charge in [-0.1, -0.05) is 0 Å². The number of methoxy groups -OCH3 is 1. The second kappa shape index (κ2) is 6.68. The van der Waals surface area contributed by atoms with E-state index >= 15 is 0 Å². The highest BCUT2D eigenvalue weighted by Gasteiger charge is 2.17. The standard InChI is InChI=1S/C17H21N3O3S/c1-13-11-15(6-7-16(13)23-2)24(21,22)19-17-8-5-14(12-18-17)20-9-3-4-10-20/h5-8,11-12H,3-4,9-10H2,1-2H3,(H,18,19). The Morgan fingerprint density at radius 2 is 1.92 bits per heavy atom. The number of aryl methyl sites for hydroxylation is 1. The smallest absolute Gasteiger partial charge is 0.263 e. The molecule has 6 nitrogen and oxygen atoms in total. The number of anilines is 2. The maximum atomic E-state index is 12.5. The van der Waals surface area contributed by atoms with E-state index in [2.05, 4.69) is 14.6 Å². The lowest BCUT2D eigenvalue weighted by Gasteiger charge is -2.17. The molecular weight excluding hydrogens is 326 g/mol. The van der Waals surface area contributed by atoms with Crippen LogP contribution >= 0.6 is 0 Å². The minimum atomic E-state index is -3.67. The molecule has 2 heterocycles. The minimum absolute atomic E-state index is 0.186. The van der Waals surface area contributed by atoms with Crippen LogP contribution in [0.25, 0.3) is 0 Å². The van der Waals surface area contributed by atoms with E-state index in [9.17, 15) is 8.42 Å². The number of benzene rings is 1. The van der Waals surface area contributed by atoms with Crippen molar-refractivity contribution in [1.82, 2.24) is 4.98 Å². The number of nitrogens with one attached hydrogen (secondary N) is 1. The lowest BCUT2D eigenvalue weighted by atomic mass is 10.2. The Hall–Kier alpha value is -2.28. The minimum Gasteiger partial charge on any atom is -0.496 e. The third-order valence-corrected chi connectivity index (χ3v) is 5.49. The van der Waals surface area contributed by atoms with Crippen molar-refractivity contribution in [3.8, 4) is 5.75 Å². The molecule has 0 atom stereocenters. The molecule has 1 saturated heterocycles. The van der Waals surface area contributed by atoms with E-state index in [1.54, 1.807) is 38.4 Å². The van der Waals surface area contributed by atoms with Crippen molar-refractivity contribution >= 4 is 21.5 Å². The van der Waals surface area contributed by atoms with Gasteiger partial charge in [-0.25, -0.2) is 13.4 Å². The number of nitrogens with zero attached hydrogens (tertiary/aromatic N) is 2. The molecule has 7 heteroatoms. The predicted molar refractivity (Wildman–Crippen MR) is 94.2 cm³/mol. The number of aromatic nitrogens is 1. The molecule has 1 aromatic carbocycles. The summed E-state index contributed by atoms with van der Waals surface area (Å²) < 4.78 is 32.7. The summed E-state index contributed by atoms with van der Waals surface area (Å²) in [6, 6.07) is 8.34. The average Bonchev–Trinajstić information content (AvgIpc) is 3.09. The Morgan fingerprint density at radius 1 is 1.17 bits per heavy atom. The maximum absolute atomic E-state index is 12.5. The van der Waals surface area contributed by atoms with Crippen molar-refractivity contribution in [3.05, 3.63) is 42.1 Å². The van der Waals surface area contributed by atoms with E-state index in [4.69, 9.17) is 4.74 Å². The van der Waals surface area contributed by atoms with E-state index in [-0.39, 0.29) is 4.90 Å². The Morgan fingerprint density at radius 3 is 2.50 bits per heavy atom. The van der Waals surface area contributed by atoms with Gasteiger partial charge in [-0.2, -0.15) is 0 Å². The molecule has 0 bridgehead atoms. The second-order valence-corrected chi connectivity index (χ2v) is 7.52. The summed E-state index contributed by atoms with van der Waals surface area (Å²) in [5.74, 6) is 0.966. The Kier molecular flexibility index (Phi) is 4.62. The summed E-state index contributed by atoms with van der Waals surface area (Å²) in [4.78, 5) is 6.67. The summed E-state index contributed by atoms with van der Waals surface area (Å²) >= 11 is 0. The second-order valence-electron chi connectivity index (χ2n) is 5.83. The van der Waals surface area contributed by atoms with Crippen LogP contribution in [0.2, 0.25) is 0 Å². The largest absolute Gasteiger partial charge is 0.496 e. The lowest BCUT2D eigenvalue weighted by Crippen LogP contribution is -2.18. The van der Waals surface area contributed by atoms with Gasteiger partial charge in [-0.15, -0.1) is 0 Å². The quantitative estimate of drug-likeness (QED) is 0.900. The first-order valence-electron chi connectivity index (χ1n) is 7.88. The molecule has 1 aromatic heterocycles. The maximum Gasteiger partial charge on any atom is 0.263 e. The summed E-state index contributed by atoms with van der Waals surface area (Å²) in [6.45, 7) is 3.86. The summed E-state index contributed by atoms with van der Waals surface area (Å²) in [6.07, 6.45) is 4.08. The molecular formula is C17H21N3O3S. The predicted octanol–water partition coefficient (Wildman–Crippen LogP) is 2.80. The zero-order chi connectivity index (χ0) is 17.2. The first-order valence-corrected chi connectivity index (χ1v) is 9.36. The Bertz CT molecular complexity index is 813. The third kappa shape index (κ3) is 3.46. The van der Waals surface area contributed by atoms with Gasteiger partial charge < -0.3 is 9.64 Å². The normalized spacial score (nSPS) is 14.7. The summed E-state index contributed by atoms with van der Waals surface area (Å²) in [7, 11) is -2.12. The number of hydrogen-bond donors (Lipinski definition) is 1. The highest BCUT2D eigenvalue weighted by atomic mass is 32.2. The first-order chi connectivity index (χ1) is 11.5. The van der Waals surface area contributed by atoms with Crippen LogP contribution in [-0.2, 0) is 10.0 Å². The fraction of sp³-hybridized carbons (Fsp3) is 0.353. The summed E-state index contributed by atoms with van der Waals surface area (Å²) in [5.41, 5.74) is 1.79. The van der Waals surface area contributed by atoms with Crippen molar-refractivity contribution in [2.24, 2.45) is 0 Å². The van der Waals surface area contributed by atoms with Crippen LogP contribution in [0.15, 0.2) is 41.4 Å². The topological polar surface area (TPSA) is 71.5 Å². The SMILES string of the molecule is COc1ccc(S(=O)(=O)Nc2ccc(N3CCCC3)cn2)cc1C. The number of pyridine rings is 1. The number of hydrogen-bond acceptors (Lipinski definition) is 5. The van der Waals surface area contributed by atoms with Crippen molar-refractivity contribution in [3.63, 3.8) is 0 Å². The molecule has 1 aliphatic heterocycles. The molecule has 2 aromatic rings. The molecule has 0 spiro atoms. The van der Waals surface area contributed by atoms with Crippen LogP contribution in [-0.4, -0.2) is 33.6 Å². The third-order valence-electron chi connectivity index (χ3n) is 4.13. The Labute approximate surface area is 142 Å². The van der Waals surface area contributed by atoms with Gasteiger partial charge in [0.05, 0.1) is 23.9 Å². The molecule has 24 heavy (non-hydrogen) atoms. The fourth-order valence-corrected chi connectivity index (χ4v) is 3.92. The van der Waals surface area contributed by atoms with Crippen molar-refractivity contribution in [1.29, 1.82) is 0 Å². The van der Waals surface area contributed by atoms with Crippen LogP contribution < -0.4 is 14.4 Å². The van der Waals surface area contributed by atoms with Crippen molar-refractivity contribution < 1.29 is 13.2 Å². The monoisotopic (exact) mass is 347 g/mol. The van der Waals surface area contributed by atoms with Crippen molar-refractivity contribution in [2.45, 2.75) is 24.7 Å². The van der Waals surface area contributed by atoms with Crippen LogP contribution in [0.4, 0.5) is 11.5 Å². The van der Waals surface area contributed by atoms with E-state index in [1.165, 1.54) is 18.9 Å². The fourth-order valence-electron chi connectivity index (χ4n) is 2.82. The van der Waals surface area contributed by atoms with Gasteiger partial charge in [-0.05, 0) is 55.7 Å². The molecule has 0 radical (unpaired) electrons. The van der Waals surface area contributed by atoms with Gasteiger partial charge >= 0.3 is 0 Å². The lowest BCUT2D eigenvalue weighted by molar-refractivity contribution is 0.411. The van der Waals surface area contributed by atoms with E-state index < -0.39 is 10.0 Å². The van der Waals surface area contributed by atoms with Crippen LogP contribution in [0, 0.1) is 6.92 Å². The molecule has 128 valence electrons. The molecule has 0 unspecified atom stereocenters. The number of rotatable bonds is 5. The van der Waals surface area contributed by atoms with Crippen molar-refractivity contribution in [2.75, 3.05) is 29.8 Å². The van der Waals surface area contributed by atoms with Crippen LogP contribution in [0.3, 0.4) is 0 Å². The van der Waals surface area contributed by atoms with Gasteiger partial charge in [0, 0.05) is 13.1 Å². The number of sulfonamides is 1. The van der Waals surface area contributed by atoms with Gasteiger partial charge in [0.15, 0.2) is 0 Å². The molecule has 0 aliphatic carbocycles. The van der Waals surface area contributed by atoms with E-state index in [1.807, 2.05) is 6.07 Å². The molecule has 1 fully saturated rings. The van der Waals surface area contributed by atoms with E-state index in [0.29, 0.717) is 11.6 Å². The molecule has 0 amide bonds. The van der Waals surface area contributed by atoms with Gasteiger partial charge in [0.1, 0.15) is 11.6 Å². The van der Waals surface area contributed by atoms with Crippen LogP contribution in [0.1, 0.15) is 18.4 Å². The average molecular weight is 347 g/mol. The molecule has 1 N–H and O–H groups in total. The summed E-state index contributed by atoms with van der Waals surface area (Å²) in [5, 5.41) is 0. The molecule has 3 rings (SSSR count).